The molecule has 0 aliphatic rings. The lowest BCUT2D eigenvalue weighted by atomic mass is 10.1. The van der Waals surface area contributed by atoms with Gasteiger partial charge in [0.15, 0.2) is 0 Å². The van der Waals surface area contributed by atoms with Gasteiger partial charge in [-0.25, -0.2) is 4.98 Å². The lowest BCUT2D eigenvalue weighted by Gasteiger charge is -2.11. The van der Waals surface area contributed by atoms with Crippen molar-refractivity contribution in [3.63, 3.8) is 0 Å². The average Bonchev–Trinajstić information content (AvgIpc) is 3.04. The molecule has 0 unspecified atom stereocenters. The highest BCUT2D eigenvalue weighted by molar-refractivity contribution is 5.95. The van der Waals surface area contributed by atoms with Crippen molar-refractivity contribution >= 4 is 5.91 Å². The predicted octanol–water partition coefficient (Wildman–Crippen LogP) is 0.701. The van der Waals surface area contributed by atoms with Crippen molar-refractivity contribution in [2.75, 3.05) is 6.54 Å². The number of rotatable bonds is 6. The molecule has 0 aliphatic carbocycles. The van der Waals surface area contributed by atoms with Crippen molar-refractivity contribution in [1.82, 2.24) is 29.6 Å². The van der Waals surface area contributed by atoms with Crippen molar-refractivity contribution in [2.24, 2.45) is 7.05 Å². The Kier molecular flexibility index (Phi) is 5.21. The van der Waals surface area contributed by atoms with Crippen LogP contribution in [0.25, 0.3) is 0 Å². The van der Waals surface area contributed by atoms with Gasteiger partial charge in [0, 0.05) is 38.6 Å². The molecule has 3 aromatic rings. The van der Waals surface area contributed by atoms with Gasteiger partial charge in [-0.1, -0.05) is 6.07 Å². The second-order valence-electron chi connectivity index (χ2n) is 5.97. The molecule has 134 valence electrons. The number of amides is 1. The summed E-state index contributed by atoms with van der Waals surface area (Å²) in [5.74, 6) is 0.388. The fraction of sp³-hybridized carbons (Fsp3) is 0.278. The molecule has 0 atom stereocenters. The van der Waals surface area contributed by atoms with Crippen molar-refractivity contribution in [3.05, 3.63) is 76.0 Å². The Hall–Kier alpha value is -3.29. The third kappa shape index (κ3) is 3.85. The second kappa shape index (κ2) is 7.73. The quantitative estimate of drug-likeness (QED) is 0.705. The van der Waals surface area contributed by atoms with E-state index in [2.05, 4.69) is 20.4 Å². The van der Waals surface area contributed by atoms with Crippen LogP contribution in [0.5, 0.6) is 0 Å². The number of aryl methyl sites for hydroxylation is 2. The van der Waals surface area contributed by atoms with Crippen molar-refractivity contribution in [2.45, 2.75) is 19.9 Å². The molecule has 8 nitrogen and oxygen atoms in total. The van der Waals surface area contributed by atoms with Crippen LogP contribution in [0.3, 0.4) is 0 Å². The van der Waals surface area contributed by atoms with E-state index in [1.54, 1.807) is 43.3 Å². The van der Waals surface area contributed by atoms with Crippen LogP contribution in [0.15, 0.2) is 47.9 Å². The number of nitrogens with zero attached hydrogens (tertiary/aromatic N) is 5. The molecule has 0 bridgehead atoms. The molecule has 0 fully saturated rings. The summed E-state index contributed by atoms with van der Waals surface area (Å²) >= 11 is 0. The van der Waals surface area contributed by atoms with E-state index in [9.17, 15) is 9.59 Å². The summed E-state index contributed by atoms with van der Waals surface area (Å²) in [5, 5.41) is 6.78. The fourth-order valence-electron chi connectivity index (χ4n) is 2.68. The number of nitrogens with one attached hydrogen (secondary N) is 1. The molecule has 8 heteroatoms. The van der Waals surface area contributed by atoms with E-state index < -0.39 is 0 Å². The SMILES string of the molecule is Cc1ccn(Cc2cccnc2)c(=O)c1C(=O)NCCc1ncnn1C. The Morgan fingerprint density at radius 2 is 2.15 bits per heavy atom. The van der Waals surface area contributed by atoms with Gasteiger partial charge in [-0.05, 0) is 30.2 Å². The van der Waals surface area contributed by atoms with E-state index in [-0.39, 0.29) is 17.0 Å². The number of pyridine rings is 2. The predicted molar refractivity (Wildman–Crippen MR) is 95.8 cm³/mol. The van der Waals surface area contributed by atoms with Crippen molar-refractivity contribution in [1.29, 1.82) is 0 Å². The fourth-order valence-corrected chi connectivity index (χ4v) is 2.68. The zero-order chi connectivity index (χ0) is 18.5. The largest absolute Gasteiger partial charge is 0.351 e. The maximum absolute atomic E-state index is 12.7. The first-order valence-electron chi connectivity index (χ1n) is 8.26. The molecular weight excluding hydrogens is 332 g/mol. The lowest BCUT2D eigenvalue weighted by molar-refractivity contribution is 0.0951. The summed E-state index contributed by atoms with van der Waals surface area (Å²) in [5.41, 5.74) is 1.39. The zero-order valence-corrected chi connectivity index (χ0v) is 14.7. The van der Waals surface area contributed by atoms with Gasteiger partial charge in [0.25, 0.3) is 11.5 Å². The Morgan fingerprint density at radius 1 is 1.31 bits per heavy atom. The summed E-state index contributed by atoms with van der Waals surface area (Å²) in [6, 6.07) is 5.48. The average molecular weight is 352 g/mol. The van der Waals surface area contributed by atoms with Crippen molar-refractivity contribution < 1.29 is 4.79 Å². The van der Waals surface area contributed by atoms with E-state index in [4.69, 9.17) is 0 Å². The molecular formula is C18H20N6O2. The first-order chi connectivity index (χ1) is 12.6. The van der Waals surface area contributed by atoms with Crippen LogP contribution in [0, 0.1) is 6.92 Å². The van der Waals surface area contributed by atoms with Gasteiger partial charge >= 0.3 is 0 Å². The minimum Gasteiger partial charge on any atom is -0.351 e. The third-order valence-corrected chi connectivity index (χ3v) is 4.12. The minimum absolute atomic E-state index is 0.161. The van der Waals surface area contributed by atoms with E-state index in [0.29, 0.717) is 25.1 Å². The molecule has 0 saturated heterocycles. The summed E-state index contributed by atoms with van der Waals surface area (Å²) in [6.45, 7) is 2.50. The van der Waals surface area contributed by atoms with Gasteiger partial charge in [0.05, 0.1) is 6.54 Å². The standard InChI is InChI=1S/C18H20N6O2/c1-13-6-9-24(11-14-4-3-7-19-10-14)18(26)16(13)17(25)20-8-5-15-21-12-22-23(15)2/h3-4,6-7,9-10,12H,5,8,11H2,1-2H3,(H,20,25). The van der Waals surface area contributed by atoms with Gasteiger partial charge in [-0.2, -0.15) is 5.10 Å². The Balaban J connectivity index is 1.74. The minimum atomic E-state index is -0.379. The monoisotopic (exact) mass is 352 g/mol. The number of hydrogen-bond acceptors (Lipinski definition) is 5. The van der Waals surface area contributed by atoms with E-state index in [1.807, 2.05) is 12.1 Å². The number of carbonyl (C=O) groups excluding carboxylic acids is 1. The lowest BCUT2D eigenvalue weighted by Crippen LogP contribution is -2.35. The Bertz CT molecular complexity index is 961. The highest BCUT2D eigenvalue weighted by Gasteiger charge is 2.16. The van der Waals surface area contributed by atoms with E-state index in [0.717, 1.165) is 11.4 Å². The van der Waals surface area contributed by atoms with Crippen molar-refractivity contribution in [3.8, 4) is 0 Å². The van der Waals surface area contributed by atoms with Crippen LogP contribution in [-0.2, 0) is 20.0 Å². The topological polar surface area (TPSA) is 94.7 Å². The third-order valence-electron chi connectivity index (χ3n) is 4.12. The van der Waals surface area contributed by atoms with Crippen LogP contribution in [0.1, 0.15) is 27.3 Å². The highest BCUT2D eigenvalue weighted by atomic mass is 16.2. The molecule has 3 aromatic heterocycles. The Labute approximate surface area is 150 Å². The van der Waals surface area contributed by atoms with Crippen LogP contribution >= 0.6 is 0 Å². The maximum Gasteiger partial charge on any atom is 0.263 e. The van der Waals surface area contributed by atoms with E-state index in [1.165, 1.54) is 10.9 Å². The maximum atomic E-state index is 12.7. The van der Waals surface area contributed by atoms with Gasteiger partial charge in [0.1, 0.15) is 17.7 Å². The number of hydrogen-bond donors (Lipinski definition) is 1. The molecule has 0 spiro atoms. The molecule has 0 saturated carbocycles. The molecule has 3 heterocycles. The summed E-state index contributed by atoms with van der Waals surface area (Å²) in [7, 11) is 1.79. The van der Waals surface area contributed by atoms with E-state index >= 15 is 0 Å². The van der Waals surface area contributed by atoms with Crippen LogP contribution < -0.4 is 10.9 Å². The number of carbonyl (C=O) groups is 1. The molecule has 1 N–H and O–H groups in total. The van der Waals surface area contributed by atoms with Gasteiger partial charge in [0.2, 0.25) is 0 Å². The molecule has 1 amide bonds. The van der Waals surface area contributed by atoms with Gasteiger partial charge in [-0.15, -0.1) is 0 Å². The Morgan fingerprint density at radius 3 is 2.85 bits per heavy atom. The second-order valence-corrected chi connectivity index (χ2v) is 5.97. The number of aromatic nitrogens is 5. The normalized spacial score (nSPS) is 10.7. The van der Waals surface area contributed by atoms with Crippen LogP contribution in [0.4, 0.5) is 0 Å². The molecule has 3 rings (SSSR count). The highest BCUT2D eigenvalue weighted by Crippen LogP contribution is 2.05. The summed E-state index contributed by atoms with van der Waals surface area (Å²) < 4.78 is 3.17. The summed E-state index contributed by atoms with van der Waals surface area (Å²) in [6.07, 6.45) is 7.08. The smallest absolute Gasteiger partial charge is 0.263 e. The zero-order valence-electron chi connectivity index (χ0n) is 14.7. The summed E-state index contributed by atoms with van der Waals surface area (Å²) in [4.78, 5) is 33.4. The molecule has 0 aliphatic heterocycles. The molecule has 0 aromatic carbocycles. The van der Waals surface area contributed by atoms with Crippen LogP contribution in [-0.4, -0.2) is 36.8 Å². The molecule has 26 heavy (non-hydrogen) atoms. The van der Waals surface area contributed by atoms with Crippen LogP contribution in [0.2, 0.25) is 0 Å². The van der Waals surface area contributed by atoms with Gasteiger partial charge < -0.3 is 9.88 Å². The molecule has 0 radical (unpaired) electrons. The first-order valence-corrected chi connectivity index (χ1v) is 8.26. The first kappa shape index (κ1) is 17.5. The van der Waals surface area contributed by atoms with Gasteiger partial charge in [-0.3, -0.25) is 19.3 Å².